The van der Waals surface area contributed by atoms with Gasteiger partial charge in [0.15, 0.2) is 5.82 Å². The van der Waals surface area contributed by atoms with Gasteiger partial charge >= 0.3 is 5.97 Å². The number of nitrogens with zero attached hydrogens (tertiary/aromatic N) is 4. The Kier molecular flexibility index (Phi) is 6.67. The normalized spacial score (nSPS) is 28.9. The average Bonchev–Trinajstić information content (AvgIpc) is 2.92. The van der Waals surface area contributed by atoms with E-state index in [9.17, 15) is 9.18 Å². The Bertz CT molecular complexity index is 691. The van der Waals surface area contributed by atoms with E-state index in [2.05, 4.69) is 26.2 Å². The lowest BCUT2D eigenvalue weighted by Crippen LogP contribution is -2.64. The highest BCUT2D eigenvalue weighted by molar-refractivity contribution is 6.16. The van der Waals surface area contributed by atoms with Gasteiger partial charge in [0, 0.05) is 25.2 Å². The van der Waals surface area contributed by atoms with Crippen LogP contribution in [0.25, 0.3) is 0 Å². The molecule has 2 fully saturated rings. The molecule has 9 nitrogen and oxygen atoms in total. The number of carbonyl (C=O) groups excluding carboxylic acids is 1. The second-order valence-electron chi connectivity index (χ2n) is 7.79. The van der Waals surface area contributed by atoms with Crippen molar-refractivity contribution in [2.75, 3.05) is 19.8 Å². The summed E-state index contributed by atoms with van der Waals surface area (Å²) in [5.74, 6) is 0.483. The molecule has 0 spiro atoms. The molecule has 29 heavy (non-hydrogen) atoms. The summed E-state index contributed by atoms with van der Waals surface area (Å²) in [7, 11) is 0. The Morgan fingerprint density at radius 2 is 2.28 bits per heavy atom. The Morgan fingerprint density at radius 3 is 2.90 bits per heavy atom. The summed E-state index contributed by atoms with van der Waals surface area (Å²) in [4.78, 5) is 13.7. The summed E-state index contributed by atoms with van der Waals surface area (Å²) >= 11 is 6.43. The lowest BCUT2D eigenvalue weighted by molar-refractivity contribution is -0.159. The lowest BCUT2D eigenvalue weighted by atomic mass is 9.71. The standard InChI is InChI=1S/C17H27ClFN7O2.ClH/c1-11(28-12(2)27)17(5-3-6-17)24-10-25(18)15-9-21-26(23-16(15)24)22-14-4-7-20-8-13(14)19;/h9,11,13-14,20,22-23H,3-8,10H2,1-2H3;1H/t11?,13-,14+;/m1./s1. The molecule has 0 radical (unpaired) electrons. The van der Waals surface area contributed by atoms with Crippen LogP contribution in [-0.2, 0) is 9.53 Å². The first-order valence-corrected chi connectivity index (χ1v) is 10.1. The molecule has 0 bridgehead atoms. The van der Waals surface area contributed by atoms with E-state index in [1.54, 1.807) is 10.6 Å². The number of hydrogen-bond donors (Lipinski definition) is 3. The van der Waals surface area contributed by atoms with Gasteiger partial charge in [-0.2, -0.15) is 5.43 Å². The van der Waals surface area contributed by atoms with Gasteiger partial charge in [-0.25, -0.2) is 9.82 Å². The van der Waals surface area contributed by atoms with Crippen LogP contribution < -0.4 is 16.2 Å². The van der Waals surface area contributed by atoms with Crippen molar-refractivity contribution in [1.29, 1.82) is 0 Å². The van der Waals surface area contributed by atoms with Crippen LogP contribution in [-0.4, -0.2) is 70.3 Å². The van der Waals surface area contributed by atoms with Gasteiger partial charge in [0.2, 0.25) is 0 Å². The molecular formula is C17H28Cl2FN7O2. The summed E-state index contributed by atoms with van der Waals surface area (Å²) in [5.41, 5.74) is 6.74. The maximum atomic E-state index is 14.2. The van der Waals surface area contributed by atoms with Gasteiger partial charge in [-0.15, -0.1) is 22.7 Å². The number of rotatable bonds is 5. The second kappa shape index (κ2) is 8.71. The Hall–Kier alpha value is -1.49. The minimum Gasteiger partial charge on any atom is -0.460 e. The monoisotopic (exact) mass is 451 g/mol. The molecule has 12 heteroatoms. The van der Waals surface area contributed by atoms with E-state index in [1.165, 1.54) is 12.2 Å². The highest BCUT2D eigenvalue weighted by Gasteiger charge is 2.53. The van der Waals surface area contributed by atoms with E-state index < -0.39 is 6.17 Å². The highest BCUT2D eigenvalue weighted by atomic mass is 35.5. The maximum Gasteiger partial charge on any atom is 0.302 e. The van der Waals surface area contributed by atoms with Gasteiger partial charge in [-0.3, -0.25) is 9.21 Å². The number of hydrogen-bond acceptors (Lipinski definition) is 9. The Labute approximate surface area is 181 Å². The molecule has 3 N–H and O–H groups in total. The highest BCUT2D eigenvalue weighted by Crippen LogP contribution is 2.46. The number of carbonyl (C=O) groups is 1. The quantitative estimate of drug-likeness (QED) is 0.424. The van der Waals surface area contributed by atoms with E-state index in [-0.39, 0.29) is 36.1 Å². The third-order valence-electron chi connectivity index (χ3n) is 6.10. The first-order chi connectivity index (χ1) is 13.4. The third kappa shape index (κ3) is 4.08. The van der Waals surface area contributed by atoms with Crippen LogP contribution >= 0.6 is 24.2 Å². The Balaban J connectivity index is 0.00000240. The zero-order valence-electron chi connectivity index (χ0n) is 16.5. The number of piperidine rings is 1. The van der Waals surface area contributed by atoms with Crippen molar-refractivity contribution in [3.8, 4) is 0 Å². The van der Waals surface area contributed by atoms with Crippen molar-refractivity contribution >= 4 is 36.4 Å². The first-order valence-electron chi connectivity index (χ1n) is 9.75. The van der Waals surface area contributed by atoms with Crippen LogP contribution in [0.3, 0.4) is 0 Å². The van der Waals surface area contributed by atoms with E-state index in [0.29, 0.717) is 19.6 Å². The number of hydrazone groups is 1. The van der Waals surface area contributed by atoms with Crippen molar-refractivity contribution in [2.24, 2.45) is 5.10 Å². The number of ether oxygens (including phenoxy) is 1. The minimum absolute atomic E-state index is 0. The van der Waals surface area contributed by atoms with Crippen LogP contribution in [0.4, 0.5) is 4.39 Å². The van der Waals surface area contributed by atoms with Gasteiger partial charge < -0.3 is 15.0 Å². The Morgan fingerprint density at radius 1 is 1.52 bits per heavy atom. The van der Waals surface area contributed by atoms with Gasteiger partial charge in [0.25, 0.3) is 0 Å². The lowest BCUT2D eigenvalue weighted by Gasteiger charge is -2.53. The molecule has 1 saturated heterocycles. The second-order valence-corrected chi connectivity index (χ2v) is 8.19. The van der Waals surface area contributed by atoms with E-state index in [0.717, 1.165) is 37.3 Å². The van der Waals surface area contributed by atoms with Crippen LogP contribution in [0, 0.1) is 0 Å². The predicted molar refractivity (Wildman–Crippen MR) is 109 cm³/mol. The zero-order valence-corrected chi connectivity index (χ0v) is 18.1. The van der Waals surface area contributed by atoms with Crippen molar-refractivity contribution in [3.63, 3.8) is 0 Å². The topological polar surface area (TPSA) is 84.5 Å². The van der Waals surface area contributed by atoms with E-state index in [1.807, 2.05) is 6.92 Å². The molecule has 164 valence electrons. The van der Waals surface area contributed by atoms with Crippen molar-refractivity contribution < 1.29 is 13.9 Å². The number of nitrogens with one attached hydrogen (secondary N) is 3. The third-order valence-corrected chi connectivity index (χ3v) is 6.39. The van der Waals surface area contributed by atoms with Crippen molar-refractivity contribution in [1.82, 2.24) is 30.7 Å². The fraction of sp³-hybridized carbons (Fsp3) is 0.765. The van der Waals surface area contributed by atoms with Crippen LogP contribution in [0.15, 0.2) is 16.6 Å². The van der Waals surface area contributed by atoms with E-state index in [4.69, 9.17) is 16.5 Å². The summed E-state index contributed by atoms with van der Waals surface area (Å²) in [5, 5.41) is 8.80. The minimum atomic E-state index is -0.993. The molecule has 3 aliphatic heterocycles. The average molecular weight is 452 g/mol. The molecular weight excluding hydrogens is 424 g/mol. The molecule has 0 aromatic rings. The molecule has 1 saturated carbocycles. The van der Waals surface area contributed by atoms with Crippen molar-refractivity contribution in [2.45, 2.75) is 63.4 Å². The van der Waals surface area contributed by atoms with Crippen LogP contribution in [0.2, 0.25) is 0 Å². The van der Waals surface area contributed by atoms with Gasteiger partial charge in [-0.05, 0) is 39.2 Å². The molecule has 0 aromatic carbocycles. The number of halogens is 3. The number of hydrazine groups is 2. The molecule has 4 aliphatic rings. The van der Waals surface area contributed by atoms with E-state index >= 15 is 0 Å². The van der Waals surface area contributed by atoms with Gasteiger partial charge in [0.1, 0.15) is 24.6 Å². The number of esters is 1. The number of allylic oxidation sites excluding steroid dienone is 1. The molecule has 0 amide bonds. The molecule has 3 atom stereocenters. The summed E-state index contributed by atoms with van der Waals surface area (Å²) in [6.07, 6.45) is 3.90. The van der Waals surface area contributed by atoms with Gasteiger partial charge in [0.05, 0.1) is 17.8 Å². The van der Waals surface area contributed by atoms with Crippen LogP contribution in [0.5, 0.6) is 0 Å². The first kappa shape index (κ1) is 22.2. The zero-order chi connectivity index (χ0) is 19.9. The maximum absolute atomic E-state index is 14.2. The summed E-state index contributed by atoms with van der Waals surface area (Å²) in [6.45, 7) is 4.88. The van der Waals surface area contributed by atoms with Gasteiger partial charge in [-0.1, -0.05) is 0 Å². The molecule has 1 aliphatic carbocycles. The molecule has 3 heterocycles. The predicted octanol–water partition coefficient (Wildman–Crippen LogP) is 1.19. The number of alkyl halides is 1. The summed E-state index contributed by atoms with van der Waals surface area (Å²) in [6, 6.07) is -0.326. The SMILES string of the molecule is CC(=O)OC(C)C1(N2CN(Cl)C3=C2NN(N[C@H]2CCNC[C@H]2F)N=C3)CCC1.Cl. The largest absolute Gasteiger partial charge is 0.460 e. The molecule has 4 rings (SSSR count). The fourth-order valence-corrected chi connectivity index (χ4v) is 4.58. The summed E-state index contributed by atoms with van der Waals surface area (Å²) < 4.78 is 21.3. The smallest absolute Gasteiger partial charge is 0.302 e. The van der Waals surface area contributed by atoms with Crippen LogP contribution in [0.1, 0.15) is 39.5 Å². The molecule has 1 unspecified atom stereocenters. The molecule has 0 aromatic heterocycles. The van der Waals surface area contributed by atoms with Crippen molar-refractivity contribution in [3.05, 3.63) is 11.5 Å². The fourth-order valence-electron chi connectivity index (χ4n) is 4.35.